The second-order valence-electron chi connectivity index (χ2n) is 11.5. The Labute approximate surface area is 231 Å². The van der Waals surface area contributed by atoms with Gasteiger partial charge in [0, 0.05) is 37.9 Å². The zero-order chi connectivity index (χ0) is 26.0. The van der Waals surface area contributed by atoms with Crippen LogP contribution in [0.5, 0.6) is 0 Å². The molecule has 2 aliphatic rings. The molecule has 0 atom stereocenters. The van der Waals surface area contributed by atoms with E-state index in [0.717, 1.165) is 10.4 Å². The largest absolute Gasteiger partial charge is 0.307 e. The Kier molecular flexibility index (Phi) is 3.98. The van der Waals surface area contributed by atoms with Crippen LogP contribution in [0, 0.1) is 0 Å². The Hall–Kier alpha value is -4.33. The summed E-state index contributed by atoms with van der Waals surface area (Å²) in [7, 11) is 0. The molecule has 0 bridgehead atoms. The Morgan fingerprint density at radius 1 is 0.590 bits per heavy atom. The lowest BCUT2D eigenvalue weighted by Crippen LogP contribution is -2.15. The molecule has 0 amide bonds. The van der Waals surface area contributed by atoms with E-state index in [1.165, 1.54) is 77.4 Å². The molecule has 2 heterocycles. The van der Waals surface area contributed by atoms with Crippen molar-refractivity contribution in [2.45, 2.75) is 19.3 Å². The Morgan fingerprint density at radius 3 is 2.28 bits per heavy atom. The molecule has 0 saturated heterocycles. The van der Waals surface area contributed by atoms with Gasteiger partial charge in [-0.15, -0.1) is 0 Å². The average molecular weight is 518 g/mol. The lowest BCUT2D eigenvalue weighted by molar-refractivity contribution is 0.661. The van der Waals surface area contributed by atoms with Crippen molar-refractivity contribution in [2.24, 2.45) is 0 Å². The van der Waals surface area contributed by atoms with E-state index in [1.807, 2.05) is 6.07 Å². The summed E-state index contributed by atoms with van der Waals surface area (Å²) in [5, 5.41) is 5.72. The summed E-state index contributed by atoms with van der Waals surface area (Å²) in [5.74, 6) is 0. The molecular formula is C37H24ClN. The van der Waals surface area contributed by atoms with E-state index in [-0.39, 0.29) is 5.41 Å². The molecule has 184 valence electrons. The standard InChI is InChI=1S/C37H24ClN/c1-37(2)30-11-6-9-27-28-10-5-8-25(22-14-13-21-15-16-24(38)20-23(21)19-22)35(28)39-32-12-4-3-7-26(32)29-17-18-31(37)34(33(27)30)36(29)39/h3-20H,1-2H3. The molecule has 0 fully saturated rings. The van der Waals surface area contributed by atoms with Crippen LogP contribution < -0.4 is 0 Å². The zero-order valence-corrected chi connectivity index (χ0v) is 22.5. The van der Waals surface area contributed by atoms with Crippen molar-refractivity contribution in [1.82, 2.24) is 4.57 Å². The number of rotatable bonds is 1. The third kappa shape index (κ3) is 2.61. The van der Waals surface area contributed by atoms with Gasteiger partial charge in [0.15, 0.2) is 0 Å². The van der Waals surface area contributed by atoms with Gasteiger partial charge in [-0.2, -0.15) is 0 Å². The van der Waals surface area contributed by atoms with Gasteiger partial charge in [-0.1, -0.05) is 110 Å². The summed E-state index contributed by atoms with van der Waals surface area (Å²) >= 11 is 6.41. The second-order valence-corrected chi connectivity index (χ2v) is 11.9. The van der Waals surface area contributed by atoms with Crippen LogP contribution in [-0.4, -0.2) is 4.57 Å². The van der Waals surface area contributed by atoms with Crippen molar-refractivity contribution >= 4 is 44.2 Å². The molecule has 7 aromatic rings. The molecule has 6 aromatic carbocycles. The van der Waals surface area contributed by atoms with Gasteiger partial charge in [0.1, 0.15) is 0 Å². The lowest BCUT2D eigenvalue weighted by atomic mass is 9.81. The smallest absolute Gasteiger partial charge is 0.0623 e. The zero-order valence-electron chi connectivity index (χ0n) is 21.7. The average Bonchev–Trinajstić information content (AvgIpc) is 3.36. The van der Waals surface area contributed by atoms with Crippen LogP contribution in [0.3, 0.4) is 0 Å². The number of benzene rings is 6. The van der Waals surface area contributed by atoms with Crippen LogP contribution in [0.15, 0.2) is 109 Å². The van der Waals surface area contributed by atoms with Crippen molar-refractivity contribution < 1.29 is 0 Å². The van der Waals surface area contributed by atoms with Gasteiger partial charge in [0.05, 0.1) is 16.7 Å². The van der Waals surface area contributed by atoms with Gasteiger partial charge in [-0.05, 0) is 62.9 Å². The SMILES string of the molecule is CC1(C)c2cccc3c2-c2c1ccc1c4ccccc4n(c21)-c1c(-c2ccc4ccc(Cl)cc4c2)cccc1-3. The first kappa shape index (κ1) is 21.6. The van der Waals surface area contributed by atoms with Crippen LogP contribution >= 0.6 is 11.6 Å². The van der Waals surface area contributed by atoms with Gasteiger partial charge in [-0.25, -0.2) is 0 Å². The molecule has 0 radical (unpaired) electrons. The number of hydrogen-bond acceptors (Lipinski definition) is 0. The maximum Gasteiger partial charge on any atom is 0.0623 e. The summed E-state index contributed by atoms with van der Waals surface area (Å²) in [6.07, 6.45) is 0. The first-order valence-corrected chi connectivity index (χ1v) is 13.9. The Balaban J connectivity index is 1.52. The second kappa shape index (κ2) is 7.20. The maximum absolute atomic E-state index is 6.41. The van der Waals surface area contributed by atoms with Crippen LogP contribution in [-0.2, 0) is 5.41 Å². The van der Waals surface area contributed by atoms with E-state index in [4.69, 9.17) is 11.6 Å². The first-order chi connectivity index (χ1) is 19.0. The van der Waals surface area contributed by atoms with Crippen LogP contribution in [0.2, 0.25) is 5.02 Å². The Bertz CT molecular complexity index is 2210. The minimum atomic E-state index is -0.0527. The molecule has 0 saturated carbocycles. The minimum absolute atomic E-state index is 0.0527. The van der Waals surface area contributed by atoms with Crippen molar-refractivity contribution in [3.8, 4) is 39.1 Å². The van der Waals surface area contributed by atoms with E-state index < -0.39 is 0 Å². The molecule has 1 aliphatic heterocycles. The van der Waals surface area contributed by atoms with E-state index >= 15 is 0 Å². The molecule has 1 aliphatic carbocycles. The third-order valence-electron chi connectivity index (χ3n) is 9.16. The van der Waals surface area contributed by atoms with Gasteiger partial charge in [0.25, 0.3) is 0 Å². The van der Waals surface area contributed by atoms with Crippen molar-refractivity contribution in [1.29, 1.82) is 0 Å². The van der Waals surface area contributed by atoms with Gasteiger partial charge in [0.2, 0.25) is 0 Å². The monoisotopic (exact) mass is 517 g/mol. The topological polar surface area (TPSA) is 4.93 Å². The fraction of sp³-hybridized carbons (Fsp3) is 0.0811. The molecule has 0 spiro atoms. The number of fused-ring (bicyclic) bond motifs is 7. The fourth-order valence-corrected chi connectivity index (χ4v) is 7.58. The van der Waals surface area contributed by atoms with E-state index in [2.05, 4.69) is 122 Å². The lowest BCUT2D eigenvalue weighted by Gasteiger charge is -2.23. The molecule has 39 heavy (non-hydrogen) atoms. The van der Waals surface area contributed by atoms with Crippen LogP contribution in [0.25, 0.3) is 71.6 Å². The molecule has 1 aromatic heterocycles. The number of nitrogens with zero attached hydrogens (tertiary/aromatic N) is 1. The van der Waals surface area contributed by atoms with E-state index in [1.54, 1.807) is 0 Å². The fourth-order valence-electron chi connectivity index (χ4n) is 7.40. The van der Waals surface area contributed by atoms with Crippen LogP contribution in [0.1, 0.15) is 25.0 Å². The normalized spacial score (nSPS) is 14.2. The van der Waals surface area contributed by atoms with E-state index in [0.29, 0.717) is 0 Å². The summed E-state index contributed by atoms with van der Waals surface area (Å²) < 4.78 is 2.56. The molecule has 9 rings (SSSR count). The summed E-state index contributed by atoms with van der Waals surface area (Å²) in [6, 6.07) is 40.2. The quantitative estimate of drug-likeness (QED) is 0.204. The molecule has 2 heteroatoms. The van der Waals surface area contributed by atoms with Crippen molar-refractivity contribution in [3.05, 3.63) is 125 Å². The predicted octanol–water partition coefficient (Wildman–Crippen LogP) is 10.5. The van der Waals surface area contributed by atoms with Crippen molar-refractivity contribution in [2.75, 3.05) is 0 Å². The highest BCUT2D eigenvalue weighted by molar-refractivity contribution is 6.31. The predicted molar refractivity (Wildman–Crippen MR) is 165 cm³/mol. The van der Waals surface area contributed by atoms with Gasteiger partial charge < -0.3 is 4.57 Å². The molecule has 0 N–H and O–H groups in total. The third-order valence-corrected chi connectivity index (χ3v) is 9.40. The van der Waals surface area contributed by atoms with Crippen LogP contribution in [0.4, 0.5) is 0 Å². The Morgan fingerprint density at radius 2 is 1.36 bits per heavy atom. The molecular weight excluding hydrogens is 494 g/mol. The summed E-state index contributed by atoms with van der Waals surface area (Å²) in [4.78, 5) is 0. The summed E-state index contributed by atoms with van der Waals surface area (Å²) in [5.41, 5.74) is 14.4. The molecule has 1 nitrogen and oxygen atoms in total. The van der Waals surface area contributed by atoms with Crippen molar-refractivity contribution in [3.63, 3.8) is 0 Å². The molecule has 0 unspecified atom stereocenters. The number of halogens is 1. The van der Waals surface area contributed by atoms with E-state index in [9.17, 15) is 0 Å². The summed E-state index contributed by atoms with van der Waals surface area (Å²) in [6.45, 7) is 4.75. The highest BCUT2D eigenvalue weighted by Gasteiger charge is 2.41. The minimum Gasteiger partial charge on any atom is -0.307 e. The number of para-hydroxylation sites is 2. The number of aromatic nitrogens is 1. The maximum atomic E-state index is 6.41. The van der Waals surface area contributed by atoms with Gasteiger partial charge in [-0.3, -0.25) is 0 Å². The van der Waals surface area contributed by atoms with Gasteiger partial charge >= 0.3 is 0 Å². The highest BCUT2D eigenvalue weighted by Crippen LogP contribution is 2.58. The first-order valence-electron chi connectivity index (χ1n) is 13.6. The number of hydrogen-bond donors (Lipinski definition) is 0. The highest BCUT2D eigenvalue weighted by atomic mass is 35.5.